The Morgan fingerprint density at radius 3 is 1.74 bits per heavy atom. The van der Waals surface area contributed by atoms with Crippen molar-refractivity contribution >= 4 is 43.6 Å². The highest BCUT2D eigenvalue weighted by Crippen LogP contribution is 2.40. The zero-order valence-electron chi connectivity index (χ0n) is 15.5. The zero-order chi connectivity index (χ0) is 20.0. The van der Waals surface area contributed by atoms with E-state index in [2.05, 4.69) is 31.9 Å². The van der Waals surface area contributed by atoms with Crippen molar-refractivity contribution in [2.75, 3.05) is 6.61 Å². The van der Waals surface area contributed by atoms with E-state index in [1.807, 2.05) is 55.5 Å². The summed E-state index contributed by atoms with van der Waals surface area (Å²) in [7, 11) is 0. The van der Waals surface area contributed by atoms with Gasteiger partial charge in [-0.25, -0.2) is 4.79 Å². The fraction of sp³-hybridized carbons (Fsp3) is 0.273. The average molecular weight is 494 g/mol. The van der Waals surface area contributed by atoms with Gasteiger partial charge in [-0.15, -0.1) is 0 Å². The van der Waals surface area contributed by atoms with Crippen LogP contribution in [0.2, 0.25) is 0 Å². The largest absolute Gasteiger partial charge is 0.463 e. The number of carbonyl (C=O) groups is 2. The minimum Gasteiger partial charge on any atom is -0.463 e. The molecule has 0 aliphatic heterocycles. The molecule has 0 saturated carbocycles. The fourth-order valence-electron chi connectivity index (χ4n) is 3.18. The summed E-state index contributed by atoms with van der Waals surface area (Å²) in [4.78, 5) is 24.7. The first-order valence-electron chi connectivity index (χ1n) is 8.69. The van der Waals surface area contributed by atoms with Crippen molar-refractivity contribution in [3.63, 3.8) is 0 Å². The van der Waals surface area contributed by atoms with Crippen LogP contribution in [0.3, 0.4) is 0 Å². The monoisotopic (exact) mass is 492 g/mol. The van der Waals surface area contributed by atoms with Gasteiger partial charge >= 0.3 is 5.97 Å². The highest BCUT2D eigenvalue weighted by atomic mass is 79.9. The maximum absolute atomic E-state index is 12.7. The number of esters is 1. The Kier molecular flexibility index (Phi) is 7.99. The molecule has 2 atom stereocenters. The van der Waals surface area contributed by atoms with E-state index in [4.69, 9.17) is 4.74 Å². The van der Waals surface area contributed by atoms with Crippen LogP contribution in [0.25, 0.3) is 0 Å². The van der Waals surface area contributed by atoms with Gasteiger partial charge in [0.1, 0.15) is 5.78 Å². The molecular weight excluding hydrogens is 472 g/mol. The number of hydrogen-bond donors (Lipinski definition) is 0. The van der Waals surface area contributed by atoms with E-state index in [0.29, 0.717) is 6.61 Å². The maximum Gasteiger partial charge on any atom is 0.330 e. The third-order valence-corrected chi connectivity index (χ3v) is 5.41. The first-order valence-corrected chi connectivity index (χ1v) is 10.3. The van der Waals surface area contributed by atoms with Crippen LogP contribution < -0.4 is 0 Å². The van der Waals surface area contributed by atoms with Crippen LogP contribution >= 0.6 is 31.9 Å². The van der Waals surface area contributed by atoms with E-state index in [1.165, 1.54) is 6.08 Å². The Balaban J connectivity index is 2.57. The number of ketones is 1. The van der Waals surface area contributed by atoms with Crippen LogP contribution in [0.5, 0.6) is 0 Å². The molecule has 2 rings (SSSR count). The summed E-state index contributed by atoms with van der Waals surface area (Å²) >= 11 is 6.89. The minimum atomic E-state index is -0.398. The van der Waals surface area contributed by atoms with E-state index in [1.54, 1.807) is 13.8 Å². The summed E-state index contributed by atoms with van der Waals surface area (Å²) in [6, 6.07) is 15.6. The first-order chi connectivity index (χ1) is 12.8. The second-order valence-corrected chi connectivity index (χ2v) is 8.14. The molecule has 0 aliphatic carbocycles. The third-order valence-electron chi connectivity index (χ3n) is 4.35. The molecule has 0 amide bonds. The summed E-state index contributed by atoms with van der Waals surface area (Å²) in [6.45, 7) is 5.55. The lowest BCUT2D eigenvalue weighted by molar-refractivity contribution is -0.137. The number of rotatable bonds is 7. The van der Waals surface area contributed by atoms with Gasteiger partial charge in [0.2, 0.25) is 0 Å². The molecular formula is C22H22Br2O3. The molecule has 0 aliphatic rings. The summed E-state index contributed by atoms with van der Waals surface area (Å²) in [6.07, 6.45) is 1.49. The lowest BCUT2D eigenvalue weighted by Gasteiger charge is -2.27. The van der Waals surface area contributed by atoms with Crippen molar-refractivity contribution in [3.05, 3.63) is 80.3 Å². The smallest absolute Gasteiger partial charge is 0.330 e. The molecule has 2 aromatic rings. The summed E-state index contributed by atoms with van der Waals surface area (Å²) in [5.41, 5.74) is 2.67. The Morgan fingerprint density at radius 1 is 0.889 bits per heavy atom. The van der Waals surface area contributed by atoms with Gasteiger partial charge in [-0.2, -0.15) is 0 Å². The van der Waals surface area contributed by atoms with Gasteiger partial charge in [0.25, 0.3) is 0 Å². The molecule has 0 spiro atoms. The van der Waals surface area contributed by atoms with Crippen molar-refractivity contribution in [1.82, 2.24) is 0 Å². The van der Waals surface area contributed by atoms with Crippen LogP contribution in [0.1, 0.15) is 43.7 Å². The summed E-state index contributed by atoms with van der Waals surface area (Å²) in [5.74, 6) is -1.01. The molecule has 27 heavy (non-hydrogen) atoms. The molecule has 0 saturated heterocycles. The van der Waals surface area contributed by atoms with E-state index < -0.39 is 11.9 Å². The van der Waals surface area contributed by atoms with E-state index in [-0.39, 0.29) is 11.7 Å². The van der Waals surface area contributed by atoms with Gasteiger partial charge in [0, 0.05) is 20.9 Å². The number of benzene rings is 2. The number of hydrogen-bond acceptors (Lipinski definition) is 3. The Hall–Kier alpha value is -1.72. The van der Waals surface area contributed by atoms with E-state index >= 15 is 0 Å². The molecule has 0 N–H and O–H groups in total. The highest BCUT2D eigenvalue weighted by Gasteiger charge is 2.30. The van der Waals surface area contributed by atoms with Gasteiger partial charge in [0.15, 0.2) is 0 Å². The quantitative estimate of drug-likeness (QED) is 0.341. The number of halogens is 2. The van der Waals surface area contributed by atoms with Gasteiger partial charge < -0.3 is 4.74 Å². The second kappa shape index (κ2) is 10.00. The van der Waals surface area contributed by atoms with Crippen LogP contribution in [0, 0.1) is 0 Å². The van der Waals surface area contributed by atoms with Crippen molar-refractivity contribution in [3.8, 4) is 0 Å². The lowest BCUT2D eigenvalue weighted by Crippen LogP contribution is -2.20. The van der Waals surface area contributed by atoms with Crippen LogP contribution in [-0.4, -0.2) is 18.4 Å². The zero-order valence-corrected chi connectivity index (χ0v) is 18.7. The molecule has 0 aromatic heterocycles. The molecule has 5 heteroatoms. The van der Waals surface area contributed by atoms with Crippen LogP contribution in [0.15, 0.2) is 69.1 Å². The van der Waals surface area contributed by atoms with Gasteiger partial charge in [-0.05, 0) is 56.2 Å². The maximum atomic E-state index is 12.7. The van der Waals surface area contributed by atoms with Crippen molar-refractivity contribution in [2.24, 2.45) is 0 Å². The number of allylic oxidation sites excluding steroid dienone is 1. The van der Waals surface area contributed by atoms with E-state index in [0.717, 1.165) is 25.6 Å². The Morgan fingerprint density at radius 2 is 1.33 bits per heavy atom. The predicted octanol–water partition coefficient (Wildman–Crippen LogP) is 6.18. The highest BCUT2D eigenvalue weighted by molar-refractivity contribution is 9.10. The Bertz CT molecular complexity index is 824. The Labute approximate surface area is 177 Å². The number of carbonyl (C=O) groups excluding carboxylic acids is 2. The molecule has 3 nitrogen and oxygen atoms in total. The second-order valence-electron chi connectivity index (χ2n) is 6.31. The number of Topliss-reactive ketones (excluding diaryl/α,β-unsaturated/α-hetero) is 1. The average Bonchev–Trinajstić information content (AvgIpc) is 2.61. The fourth-order valence-corrected chi connectivity index (χ4v) is 3.71. The predicted molar refractivity (Wildman–Crippen MR) is 115 cm³/mol. The normalized spacial score (nSPS) is 13.7. The van der Waals surface area contributed by atoms with Crippen LogP contribution in [-0.2, 0) is 14.3 Å². The summed E-state index contributed by atoms with van der Waals surface area (Å²) in [5, 5.41) is 0. The van der Waals surface area contributed by atoms with Crippen molar-refractivity contribution in [2.45, 2.75) is 32.6 Å². The molecule has 0 heterocycles. The lowest BCUT2D eigenvalue weighted by atomic mass is 9.75. The number of ether oxygens (including phenoxy) is 1. The van der Waals surface area contributed by atoms with Gasteiger partial charge in [-0.3, -0.25) is 4.79 Å². The summed E-state index contributed by atoms with van der Waals surface area (Å²) < 4.78 is 6.98. The molecule has 2 aromatic carbocycles. The van der Waals surface area contributed by atoms with Crippen molar-refractivity contribution < 1.29 is 14.3 Å². The van der Waals surface area contributed by atoms with Crippen LogP contribution in [0.4, 0.5) is 0 Å². The molecule has 0 fully saturated rings. The molecule has 142 valence electrons. The van der Waals surface area contributed by atoms with Gasteiger partial charge in [0.05, 0.1) is 12.5 Å². The van der Waals surface area contributed by atoms with E-state index in [9.17, 15) is 9.59 Å². The SMILES string of the molecule is CCOC(=O)C=C(C)C(c1ccc(Br)cc1)C(C(C)=O)c1ccc(Br)cc1. The molecule has 0 bridgehead atoms. The third kappa shape index (κ3) is 5.88. The minimum absolute atomic E-state index is 0.0434. The topological polar surface area (TPSA) is 43.4 Å². The molecule has 0 radical (unpaired) electrons. The molecule has 2 unspecified atom stereocenters. The first kappa shape index (κ1) is 21.6. The van der Waals surface area contributed by atoms with Gasteiger partial charge in [-0.1, -0.05) is 61.7 Å². The van der Waals surface area contributed by atoms with Crippen molar-refractivity contribution in [1.29, 1.82) is 0 Å². The standard InChI is InChI=1S/C22H22Br2O3/c1-4-27-20(26)13-14(2)21(16-5-9-18(23)10-6-16)22(15(3)25)17-7-11-19(24)12-8-17/h5-13,21-22H,4H2,1-3H3.